The van der Waals surface area contributed by atoms with Crippen molar-refractivity contribution in [3.63, 3.8) is 0 Å². The van der Waals surface area contributed by atoms with Crippen molar-refractivity contribution in [1.29, 1.82) is 0 Å². The van der Waals surface area contributed by atoms with Gasteiger partial charge in [0.05, 0.1) is 0 Å². The van der Waals surface area contributed by atoms with Crippen LogP contribution in [0.25, 0.3) is 0 Å². The molecule has 1 rings (SSSR count). The molecule has 0 unspecified atom stereocenters. The maximum absolute atomic E-state index is 10.8. The van der Waals surface area contributed by atoms with Crippen LogP contribution in [0, 0.1) is 0 Å². The number of hydrazone groups is 1. The Labute approximate surface area is 94.9 Å². The number of nitrogens with one attached hydrogen (secondary N) is 1. The minimum absolute atomic E-state index is 0.832. The van der Waals surface area contributed by atoms with Crippen LogP contribution in [-0.2, 0) is 9.59 Å². The normalized spacial score (nSPS) is 16.9. The smallest absolute Gasteiger partial charge is 0.329 e. The van der Waals surface area contributed by atoms with Crippen molar-refractivity contribution in [2.24, 2.45) is 10.8 Å². The number of rotatable bonds is 3. The summed E-state index contributed by atoms with van der Waals surface area (Å²) in [6, 6.07) is 0. The fourth-order valence-electron chi connectivity index (χ4n) is 1.65. The Kier molecular flexibility index (Phi) is 4.91. The van der Waals surface area contributed by atoms with Crippen LogP contribution in [0.5, 0.6) is 0 Å². The number of primary amides is 1. The highest BCUT2D eigenvalue weighted by molar-refractivity contribution is 6.34. The van der Waals surface area contributed by atoms with Crippen molar-refractivity contribution in [2.45, 2.75) is 26.2 Å². The molecule has 0 aliphatic carbocycles. The molecule has 1 aliphatic rings. The van der Waals surface area contributed by atoms with Crippen molar-refractivity contribution < 1.29 is 9.59 Å². The Balaban J connectivity index is 2.33. The van der Waals surface area contributed by atoms with Crippen LogP contribution in [0.2, 0.25) is 0 Å². The SMILES string of the molecule is CCCN1CCC(=NNC(=O)C(N)=O)CC1. The zero-order chi connectivity index (χ0) is 12.0. The number of nitrogens with two attached hydrogens (primary N) is 1. The molecule has 3 N–H and O–H groups in total. The summed E-state index contributed by atoms with van der Waals surface area (Å²) in [5.74, 6) is -1.86. The van der Waals surface area contributed by atoms with Gasteiger partial charge in [-0.15, -0.1) is 0 Å². The zero-order valence-electron chi connectivity index (χ0n) is 9.53. The van der Waals surface area contributed by atoms with Gasteiger partial charge < -0.3 is 10.6 Å². The quantitative estimate of drug-likeness (QED) is 0.500. The predicted octanol–water partition coefficient (Wildman–Crippen LogP) is -0.550. The van der Waals surface area contributed by atoms with Gasteiger partial charge in [0, 0.05) is 31.6 Å². The average molecular weight is 226 g/mol. The van der Waals surface area contributed by atoms with Crippen molar-refractivity contribution >= 4 is 17.5 Å². The summed E-state index contributed by atoms with van der Waals surface area (Å²) in [5.41, 5.74) is 7.86. The number of hydrogen-bond donors (Lipinski definition) is 2. The van der Waals surface area contributed by atoms with Gasteiger partial charge in [0.15, 0.2) is 0 Å². The van der Waals surface area contributed by atoms with Crippen molar-refractivity contribution in [2.75, 3.05) is 19.6 Å². The molecule has 0 aromatic carbocycles. The molecule has 1 fully saturated rings. The minimum Gasteiger partial charge on any atom is -0.361 e. The second kappa shape index (κ2) is 6.22. The van der Waals surface area contributed by atoms with E-state index < -0.39 is 11.8 Å². The molecular weight excluding hydrogens is 208 g/mol. The Morgan fingerprint density at radius 2 is 2.06 bits per heavy atom. The molecule has 2 amide bonds. The summed E-state index contributed by atoms with van der Waals surface area (Å²) in [4.78, 5) is 23.6. The van der Waals surface area contributed by atoms with E-state index in [4.69, 9.17) is 5.73 Å². The van der Waals surface area contributed by atoms with Gasteiger partial charge in [-0.2, -0.15) is 5.10 Å². The van der Waals surface area contributed by atoms with E-state index in [2.05, 4.69) is 22.4 Å². The molecule has 0 aromatic heterocycles. The third-order valence-electron chi connectivity index (χ3n) is 2.51. The number of carbonyl (C=O) groups excluding carboxylic acids is 2. The van der Waals surface area contributed by atoms with E-state index in [0.717, 1.165) is 44.6 Å². The van der Waals surface area contributed by atoms with E-state index in [9.17, 15) is 9.59 Å². The number of hydrogen-bond acceptors (Lipinski definition) is 4. The van der Waals surface area contributed by atoms with Gasteiger partial charge in [-0.1, -0.05) is 6.92 Å². The Morgan fingerprint density at radius 3 is 2.56 bits per heavy atom. The summed E-state index contributed by atoms with van der Waals surface area (Å²) in [5, 5.41) is 3.89. The monoisotopic (exact) mass is 226 g/mol. The standard InChI is InChI=1S/C10H18N4O2/c1-2-5-14-6-3-8(4-7-14)12-13-10(16)9(11)15/h2-7H2,1H3,(H2,11,15)(H,13,16). The molecule has 16 heavy (non-hydrogen) atoms. The molecule has 90 valence electrons. The van der Waals surface area contributed by atoms with E-state index in [1.54, 1.807) is 0 Å². The zero-order valence-corrected chi connectivity index (χ0v) is 9.53. The lowest BCUT2D eigenvalue weighted by Crippen LogP contribution is -2.37. The first kappa shape index (κ1) is 12.6. The van der Waals surface area contributed by atoms with E-state index >= 15 is 0 Å². The van der Waals surface area contributed by atoms with Crippen LogP contribution in [-0.4, -0.2) is 42.1 Å². The molecule has 1 saturated heterocycles. The molecule has 6 heteroatoms. The highest BCUT2D eigenvalue weighted by Crippen LogP contribution is 2.07. The van der Waals surface area contributed by atoms with Gasteiger partial charge in [0.1, 0.15) is 0 Å². The fraction of sp³-hybridized carbons (Fsp3) is 0.700. The van der Waals surface area contributed by atoms with Crippen molar-refractivity contribution in [3.8, 4) is 0 Å². The van der Waals surface area contributed by atoms with Crippen LogP contribution >= 0.6 is 0 Å². The number of piperidine rings is 1. The first-order chi connectivity index (χ1) is 7.63. The lowest BCUT2D eigenvalue weighted by molar-refractivity contribution is -0.137. The first-order valence-electron chi connectivity index (χ1n) is 5.51. The summed E-state index contributed by atoms with van der Waals surface area (Å²) >= 11 is 0. The third kappa shape index (κ3) is 3.98. The average Bonchev–Trinajstić information content (AvgIpc) is 2.28. The van der Waals surface area contributed by atoms with E-state index in [0.29, 0.717) is 0 Å². The number of likely N-dealkylation sites (tertiary alicyclic amines) is 1. The van der Waals surface area contributed by atoms with Gasteiger partial charge in [-0.25, -0.2) is 5.43 Å². The van der Waals surface area contributed by atoms with Crippen molar-refractivity contribution in [3.05, 3.63) is 0 Å². The first-order valence-corrected chi connectivity index (χ1v) is 5.51. The highest BCUT2D eigenvalue weighted by atomic mass is 16.2. The Hall–Kier alpha value is -1.43. The third-order valence-corrected chi connectivity index (χ3v) is 2.51. The van der Waals surface area contributed by atoms with E-state index in [-0.39, 0.29) is 0 Å². The van der Waals surface area contributed by atoms with Crippen LogP contribution < -0.4 is 11.2 Å². The molecular formula is C10H18N4O2. The molecule has 1 heterocycles. The van der Waals surface area contributed by atoms with E-state index in [1.165, 1.54) is 0 Å². The van der Waals surface area contributed by atoms with Gasteiger partial charge in [0.2, 0.25) is 0 Å². The number of nitrogens with zero attached hydrogens (tertiary/aromatic N) is 2. The van der Waals surface area contributed by atoms with Crippen LogP contribution in [0.4, 0.5) is 0 Å². The van der Waals surface area contributed by atoms with Gasteiger partial charge in [0.25, 0.3) is 0 Å². The second-order valence-corrected chi connectivity index (χ2v) is 3.82. The van der Waals surface area contributed by atoms with Gasteiger partial charge in [-0.3, -0.25) is 9.59 Å². The number of amides is 2. The molecule has 1 aliphatic heterocycles. The molecule has 0 spiro atoms. The topological polar surface area (TPSA) is 87.8 Å². The lowest BCUT2D eigenvalue weighted by atomic mass is 10.1. The van der Waals surface area contributed by atoms with Crippen LogP contribution in [0.1, 0.15) is 26.2 Å². The minimum atomic E-state index is -1.01. The number of carbonyl (C=O) groups is 2. The molecule has 0 bridgehead atoms. The van der Waals surface area contributed by atoms with Gasteiger partial charge >= 0.3 is 11.8 Å². The van der Waals surface area contributed by atoms with Gasteiger partial charge in [-0.05, 0) is 13.0 Å². The summed E-state index contributed by atoms with van der Waals surface area (Å²) < 4.78 is 0. The molecule has 0 radical (unpaired) electrons. The lowest BCUT2D eigenvalue weighted by Gasteiger charge is -2.26. The summed E-state index contributed by atoms with van der Waals surface area (Å²) in [7, 11) is 0. The Bertz CT molecular complexity index is 291. The van der Waals surface area contributed by atoms with Crippen LogP contribution in [0.3, 0.4) is 0 Å². The largest absolute Gasteiger partial charge is 0.361 e. The maximum Gasteiger partial charge on any atom is 0.329 e. The predicted molar refractivity (Wildman–Crippen MR) is 60.7 cm³/mol. The summed E-state index contributed by atoms with van der Waals surface area (Å²) in [6.07, 6.45) is 2.81. The maximum atomic E-state index is 10.8. The van der Waals surface area contributed by atoms with Crippen molar-refractivity contribution in [1.82, 2.24) is 10.3 Å². The molecule has 6 nitrogen and oxygen atoms in total. The Morgan fingerprint density at radius 1 is 1.44 bits per heavy atom. The fourth-order valence-corrected chi connectivity index (χ4v) is 1.65. The highest BCUT2D eigenvalue weighted by Gasteiger charge is 2.14. The summed E-state index contributed by atoms with van der Waals surface area (Å²) in [6.45, 7) is 5.16. The second-order valence-electron chi connectivity index (χ2n) is 3.82. The van der Waals surface area contributed by atoms with E-state index in [1.807, 2.05) is 0 Å². The molecule has 0 saturated carbocycles. The molecule has 0 aromatic rings. The van der Waals surface area contributed by atoms with Crippen LogP contribution in [0.15, 0.2) is 5.10 Å². The molecule has 0 atom stereocenters.